The second-order valence-electron chi connectivity index (χ2n) is 4.00. The fourth-order valence-electron chi connectivity index (χ4n) is 1.73. The SMILES string of the molecule is N#Cc1cc(Br)ccc1OCc1ccccc1C(=O)O. The molecule has 20 heavy (non-hydrogen) atoms. The molecule has 1 N–H and O–H groups in total. The van der Waals surface area contributed by atoms with E-state index in [1.165, 1.54) is 6.07 Å². The van der Waals surface area contributed by atoms with Gasteiger partial charge in [0.1, 0.15) is 18.4 Å². The van der Waals surface area contributed by atoms with Crippen molar-refractivity contribution >= 4 is 21.9 Å². The van der Waals surface area contributed by atoms with Crippen molar-refractivity contribution in [3.8, 4) is 11.8 Å². The monoisotopic (exact) mass is 331 g/mol. The van der Waals surface area contributed by atoms with Gasteiger partial charge < -0.3 is 9.84 Å². The molecule has 0 fully saturated rings. The predicted molar refractivity (Wildman–Crippen MR) is 76.6 cm³/mol. The number of hydrogen-bond acceptors (Lipinski definition) is 3. The molecular weight excluding hydrogens is 322 g/mol. The fraction of sp³-hybridized carbons (Fsp3) is 0.0667. The van der Waals surface area contributed by atoms with Crippen LogP contribution in [0.1, 0.15) is 21.5 Å². The lowest BCUT2D eigenvalue weighted by molar-refractivity contribution is 0.0694. The Balaban J connectivity index is 2.22. The van der Waals surface area contributed by atoms with Crippen molar-refractivity contribution in [2.24, 2.45) is 0 Å². The Morgan fingerprint density at radius 2 is 2.05 bits per heavy atom. The second-order valence-corrected chi connectivity index (χ2v) is 4.92. The molecule has 2 aromatic carbocycles. The molecule has 0 unspecified atom stereocenters. The van der Waals surface area contributed by atoms with Gasteiger partial charge in [0.25, 0.3) is 0 Å². The zero-order valence-corrected chi connectivity index (χ0v) is 11.9. The minimum atomic E-state index is -1.000. The van der Waals surface area contributed by atoms with Crippen molar-refractivity contribution in [2.45, 2.75) is 6.61 Å². The lowest BCUT2D eigenvalue weighted by atomic mass is 10.1. The Morgan fingerprint density at radius 3 is 2.75 bits per heavy atom. The van der Waals surface area contributed by atoms with E-state index >= 15 is 0 Å². The molecule has 0 aliphatic rings. The van der Waals surface area contributed by atoms with Gasteiger partial charge in [-0.3, -0.25) is 0 Å². The molecular formula is C15H10BrNO3. The molecule has 0 saturated heterocycles. The predicted octanol–water partition coefficient (Wildman–Crippen LogP) is 3.60. The first-order valence-electron chi connectivity index (χ1n) is 5.75. The number of rotatable bonds is 4. The first-order valence-corrected chi connectivity index (χ1v) is 6.55. The summed E-state index contributed by atoms with van der Waals surface area (Å²) in [5.74, 6) is -0.573. The highest BCUT2D eigenvalue weighted by Gasteiger charge is 2.10. The molecule has 5 heteroatoms. The number of nitrogens with zero attached hydrogens (tertiary/aromatic N) is 1. The molecule has 0 aliphatic carbocycles. The summed E-state index contributed by atoms with van der Waals surface area (Å²) >= 11 is 3.28. The summed E-state index contributed by atoms with van der Waals surface area (Å²) in [5, 5.41) is 18.1. The van der Waals surface area contributed by atoms with E-state index in [-0.39, 0.29) is 12.2 Å². The molecule has 0 bridgehead atoms. The van der Waals surface area contributed by atoms with Gasteiger partial charge in [0.15, 0.2) is 0 Å². The Hall–Kier alpha value is -2.32. The van der Waals surface area contributed by atoms with Crippen LogP contribution >= 0.6 is 15.9 Å². The Kier molecular flexibility index (Phi) is 4.38. The minimum Gasteiger partial charge on any atom is -0.487 e. The zero-order chi connectivity index (χ0) is 14.5. The van der Waals surface area contributed by atoms with Gasteiger partial charge in [0.2, 0.25) is 0 Å². The normalized spacial score (nSPS) is 9.80. The molecule has 0 amide bonds. The maximum absolute atomic E-state index is 11.1. The van der Waals surface area contributed by atoms with Gasteiger partial charge in [-0.25, -0.2) is 4.79 Å². The van der Waals surface area contributed by atoms with E-state index in [4.69, 9.17) is 15.1 Å². The average molecular weight is 332 g/mol. The number of benzene rings is 2. The Bertz CT molecular complexity index is 692. The van der Waals surface area contributed by atoms with Crippen LogP contribution in [0.25, 0.3) is 0 Å². The van der Waals surface area contributed by atoms with E-state index < -0.39 is 5.97 Å². The molecule has 0 atom stereocenters. The number of carboxylic acid groups (broad SMARTS) is 1. The van der Waals surface area contributed by atoms with Crippen LogP contribution in [0.2, 0.25) is 0 Å². The largest absolute Gasteiger partial charge is 0.487 e. The molecule has 0 spiro atoms. The van der Waals surface area contributed by atoms with E-state index in [0.29, 0.717) is 16.9 Å². The van der Waals surface area contributed by atoms with Crippen molar-refractivity contribution in [1.82, 2.24) is 0 Å². The third-order valence-electron chi connectivity index (χ3n) is 2.69. The maximum Gasteiger partial charge on any atom is 0.336 e. The third-order valence-corrected chi connectivity index (χ3v) is 3.19. The molecule has 100 valence electrons. The first kappa shape index (κ1) is 14.1. The van der Waals surface area contributed by atoms with E-state index in [2.05, 4.69) is 15.9 Å². The molecule has 2 rings (SSSR count). The highest BCUT2D eigenvalue weighted by molar-refractivity contribution is 9.10. The van der Waals surface area contributed by atoms with Crippen LogP contribution < -0.4 is 4.74 Å². The fourth-order valence-corrected chi connectivity index (χ4v) is 2.09. The lowest BCUT2D eigenvalue weighted by Gasteiger charge is -2.10. The van der Waals surface area contributed by atoms with Gasteiger partial charge in [0, 0.05) is 10.0 Å². The Morgan fingerprint density at radius 1 is 1.30 bits per heavy atom. The molecule has 4 nitrogen and oxygen atoms in total. The molecule has 0 radical (unpaired) electrons. The summed E-state index contributed by atoms with van der Waals surface area (Å²) < 4.78 is 6.34. The summed E-state index contributed by atoms with van der Waals surface area (Å²) in [5.41, 5.74) is 1.15. The van der Waals surface area contributed by atoms with Gasteiger partial charge >= 0.3 is 5.97 Å². The quantitative estimate of drug-likeness (QED) is 0.929. The van der Waals surface area contributed by atoms with Crippen LogP contribution in [0.5, 0.6) is 5.75 Å². The van der Waals surface area contributed by atoms with Crippen molar-refractivity contribution in [1.29, 1.82) is 5.26 Å². The topological polar surface area (TPSA) is 70.3 Å². The van der Waals surface area contributed by atoms with Crippen LogP contribution in [0.15, 0.2) is 46.9 Å². The van der Waals surface area contributed by atoms with E-state index in [9.17, 15) is 4.79 Å². The van der Waals surface area contributed by atoms with Crippen LogP contribution in [0, 0.1) is 11.3 Å². The van der Waals surface area contributed by atoms with Crippen LogP contribution in [0.4, 0.5) is 0 Å². The van der Waals surface area contributed by atoms with Gasteiger partial charge in [-0.2, -0.15) is 5.26 Å². The van der Waals surface area contributed by atoms with Crippen LogP contribution in [-0.2, 0) is 6.61 Å². The summed E-state index contributed by atoms with van der Waals surface area (Å²) in [6.45, 7) is 0.0960. The van der Waals surface area contributed by atoms with Gasteiger partial charge in [-0.1, -0.05) is 34.1 Å². The Labute approximate surface area is 124 Å². The summed E-state index contributed by atoms with van der Waals surface area (Å²) in [6.07, 6.45) is 0. The summed E-state index contributed by atoms with van der Waals surface area (Å²) in [4.78, 5) is 11.1. The van der Waals surface area contributed by atoms with Crippen molar-refractivity contribution in [3.05, 3.63) is 63.6 Å². The van der Waals surface area contributed by atoms with E-state index in [1.807, 2.05) is 6.07 Å². The minimum absolute atomic E-state index is 0.0960. The lowest BCUT2D eigenvalue weighted by Crippen LogP contribution is -2.05. The number of hydrogen-bond donors (Lipinski definition) is 1. The van der Waals surface area contributed by atoms with Crippen LogP contribution in [0.3, 0.4) is 0 Å². The molecule has 0 aromatic heterocycles. The highest BCUT2D eigenvalue weighted by atomic mass is 79.9. The number of carbonyl (C=O) groups is 1. The number of nitriles is 1. The number of aromatic carboxylic acids is 1. The number of halogens is 1. The van der Waals surface area contributed by atoms with Gasteiger partial charge in [-0.05, 0) is 24.3 Å². The van der Waals surface area contributed by atoms with Crippen LogP contribution in [-0.4, -0.2) is 11.1 Å². The maximum atomic E-state index is 11.1. The van der Waals surface area contributed by atoms with E-state index in [1.54, 1.807) is 36.4 Å². The van der Waals surface area contributed by atoms with Gasteiger partial charge in [0.05, 0.1) is 11.1 Å². The van der Waals surface area contributed by atoms with Crippen molar-refractivity contribution < 1.29 is 14.6 Å². The summed E-state index contributed by atoms with van der Waals surface area (Å²) in [6, 6.07) is 13.7. The number of ether oxygens (including phenoxy) is 1. The number of carboxylic acids is 1. The molecule has 0 heterocycles. The smallest absolute Gasteiger partial charge is 0.336 e. The molecule has 2 aromatic rings. The summed E-state index contributed by atoms with van der Waals surface area (Å²) in [7, 11) is 0. The average Bonchev–Trinajstić information content (AvgIpc) is 2.46. The van der Waals surface area contributed by atoms with Crippen molar-refractivity contribution in [2.75, 3.05) is 0 Å². The van der Waals surface area contributed by atoms with Crippen molar-refractivity contribution in [3.63, 3.8) is 0 Å². The van der Waals surface area contributed by atoms with E-state index in [0.717, 1.165) is 4.47 Å². The molecule has 0 saturated carbocycles. The zero-order valence-electron chi connectivity index (χ0n) is 10.3. The highest BCUT2D eigenvalue weighted by Crippen LogP contribution is 2.23. The standard InChI is InChI=1S/C15H10BrNO3/c16-12-5-6-14(11(7-12)8-17)20-9-10-3-1-2-4-13(10)15(18)19/h1-7H,9H2,(H,18,19). The van der Waals surface area contributed by atoms with Gasteiger partial charge in [-0.15, -0.1) is 0 Å². The first-order chi connectivity index (χ1) is 9.61. The third kappa shape index (κ3) is 3.16. The second kappa shape index (κ2) is 6.22. The molecule has 0 aliphatic heterocycles.